The summed E-state index contributed by atoms with van der Waals surface area (Å²) in [6.45, 7) is 2.16. The molecule has 4 heteroatoms. The molecule has 0 aromatic heterocycles. The van der Waals surface area contributed by atoms with Crippen LogP contribution >= 0.6 is 22.6 Å². The summed E-state index contributed by atoms with van der Waals surface area (Å²) in [7, 11) is 0. The first-order valence-corrected chi connectivity index (χ1v) is 6.97. The quantitative estimate of drug-likeness (QED) is 0.598. The Bertz CT molecular complexity index is 547. The minimum Gasteiger partial charge on any atom is -0.462 e. The number of benzene rings is 2. The van der Waals surface area contributed by atoms with Gasteiger partial charge < -0.3 is 9.47 Å². The fourth-order valence-electron chi connectivity index (χ4n) is 1.51. The molecule has 0 N–H and O–H groups in total. The Kier molecular flexibility index (Phi) is 4.79. The molecule has 0 aliphatic carbocycles. The predicted molar refractivity (Wildman–Crippen MR) is 81.6 cm³/mol. The number of esters is 1. The third-order valence-corrected chi connectivity index (χ3v) is 3.13. The van der Waals surface area contributed by atoms with Crippen LogP contribution in [0.2, 0.25) is 0 Å². The van der Waals surface area contributed by atoms with Crippen molar-refractivity contribution in [2.45, 2.75) is 6.92 Å². The Morgan fingerprint density at radius 1 is 1.00 bits per heavy atom. The third-order valence-electron chi connectivity index (χ3n) is 2.41. The van der Waals surface area contributed by atoms with Crippen LogP contribution in [0.3, 0.4) is 0 Å². The first kappa shape index (κ1) is 13.9. The van der Waals surface area contributed by atoms with E-state index < -0.39 is 0 Å². The zero-order valence-corrected chi connectivity index (χ0v) is 12.6. The van der Waals surface area contributed by atoms with Crippen LogP contribution in [0.25, 0.3) is 0 Å². The maximum absolute atomic E-state index is 11.5. The largest absolute Gasteiger partial charge is 0.462 e. The number of carbonyl (C=O) groups is 1. The first-order chi connectivity index (χ1) is 9.19. The molecule has 0 aliphatic rings. The Labute approximate surface area is 125 Å². The number of halogens is 1. The highest BCUT2D eigenvalue weighted by Gasteiger charge is 2.06. The molecular weight excluding hydrogens is 355 g/mol. The SMILES string of the molecule is CCOC(=O)c1ccc(Oc2ccc(I)cc2)cc1. The summed E-state index contributed by atoms with van der Waals surface area (Å²) in [5, 5.41) is 0. The maximum Gasteiger partial charge on any atom is 0.338 e. The average Bonchev–Trinajstić information content (AvgIpc) is 2.42. The van der Waals surface area contributed by atoms with Crippen molar-refractivity contribution >= 4 is 28.6 Å². The van der Waals surface area contributed by atoms with Crippen LogP contribution in [0.4, 0.5) is 0 Å². The highest BCUT2D eigenvalue weighted by Crippen LogP contribution is 2.22. The summed E-state index contributed by atoms with van der Waals surface area (Å²) in [6.07, 6.45) is 0. The smallest absolute Gasteiger partial charge is 0.338 e. The second-order valence-electron chi connectivity index (χ2n) is 3.80. The van der Waals surface area contributed by atoms with Crippen LogP contribution in [0.15, 0.2) is 48.5 Å². The van der Waals surface area contributed by atoms with Crippen molar-refractivity contribution < 1.29 is 14.3 Å². The van der Waals surface area contributed by atoms with E-state index in [1.807, 2.05) is 24.3 Å². The number of ether oxygens (including phenoxy) is 2. The summed E-state index contributed by atoms with van der Waals surface area (Å²) in [6, 6.07) is 14.7. The van der Waals surface area contributed by atoms with Gasteiger partial charge >= 0.3 is 5.97 Å². The maximum atomic E-state index is 11.5. The van der Waals surface area contributed by atoms with E-state index in [9.17, 15) is 4.79 Å². The van der Waals surface area contributed by atoms with E-state index in [-0.39, 0.29) is 5.97 Å². The van der Waals surface area contributed by atoms with Crippen LogP contribution in [-0.4, -0.2) is 12.6 Å². The zero-order chi connectivity index (χ0) is 13.7. The lowest BCUT2D eigenvalue weighted by atomic mass is 10.2. The van der Waals surface area contributed by atoms with E-state index in [0.29, 0.717) is 17.9 Å². The van der Waals surface area contributed by atoms with Crippen molar-refractivity contribution in [2.75, 3.05) is 6.61 Å². The van der Waals surface area contributed by atoms with Crippen molar-refractivity contribution in [1.29, 1.82) is 0 Å². The van der Waals surface area contributed by atoms with Crippen molar-refractivity contribution in [1.82, 2.24) is 0 Å². The Morgan fingerprint density at radius 3 is 2.05 bits per heavy atom. The van der Waals surface area contributed by atoms with E-state index in [1.54, 1.807) is 31.2 Å². The lowest BCUT2D eigenvalue weighted by Gasteiger charge is -2.06. The molecule has 2 aromatic carbocycles. The zero-order valence-electron chi connectivity index (χ0n) is 10.4. The molecule has 0 unspecified atom stereocenters. The number of hydrogen-bond donors (Lipinski definition) is 0. The van der Waals surface area contributed by atoms with E-state index in [1.165, 1.54) is 0 Å². The van der Waals surface area contributed by atoms with E-state index in [4.69, 9.17) is 9.47 Å². The van der Waals surface area contributed by atoms with Gasteiger partial charge in [0.15, 0.2) is 0 Å². The average molecular weight is 368 g/mol. The van der Waals surface area contributed by atoms with Crippen molar-refractivity contribution in [3.8, 4) is 11.5 Å². The molecule has 3 nitrogen and oxygen atoms in total. The van der Waals surface area contributed by atoms with Crippen molar-refractivity contribution in [2.24, 2.45) is 0 Å². The number of hydrogen-bond acceptors (Lipinski definition) is 3. The molecule has 0 amide bonds. The summed E-state index contributed by atoms with van der Waals surface area (Å²) < 4.78 is 11.7. The minimum absolute atomic E-state index is 0.316. The molecule has 2 aromatic rings. The van der Waals surface area contributed by atoms with Gasteiger partial charge in [-0.2, -0.15) is 0 Å². The normalized spacial score (nSPS) is 10.0. The Balaban J connectivity index is 2.06. The molecule has 2 rings (SSSR count). The lowest BCUT2D eigenvalue weighted by Crippen LogP contribution is -2.03. The molecule has 0 spiro atoms. The fourth-order valence-corrected chi connectivity index (χ4v) is 1.87. The van der Waals surface area contributed by atoms with E-state index in [2.05, 4.69) is 22.6 Å². The summed E-state index contributed by atoms with van der Waals surface area (Å²) >= 11 is 2.24. The van der Waals surface area contributed by atoms with Gasteiger partial charge in [0.25, 0.3) is 0 Å². The van der Waals surface area contributed by atoms with Gasteiger partial charge in [0.1, 0.15) is 11.5 Å². The lowest BCUT2D eigenvalue weighted by molar-refractivity contribution is 0.0526. The van der Waals surface area contributed by atoms with Gasteiger partial charge in [0.05, 0.1) is 12.2 Å². The van der Waals surface area contributed by atoms with Crippen LogP contribution < -0.4 is 4.74 Å². The molecule has 0 radical (unpaired) electrons. The van der Waals surface area contributed by atoms with Crippen LogP contribution in [0.5, 0.6) is 11.5 Å². The van der Waals surface area contributed by atoms with Crippen LogP contribution in [-0.2, 0) is 4.74 Å². The fraction of sp³-hybridized carbons (Fsp3) is 0.133. The standard InChI is InChI=1S/C15H13IO3/c1-2-18-15(17)11-3-7-13(8-4-11)19-14-9-5-12(16)6-10-14/h3-10H,2H2,1H3. The summed E-state index contributed by atoms with van der Waals surface area (Å²) in [4.78, 5) is 11.5. The number of rotatable bonds is 4. The van der Waals surface area contributed by atoms with E-state index in [0.717, 1.165) is 9.32 Å². The molecule has 0 saturated heterocycles. The van der Waals surface area contributed by atoms with Gasteiger partial charge in [-0.05, 0) is 78.0 Å². The molecule has 0 bridgehead atoms. The van der Waals surface area contributed by atoms with Crippen LogP contribution in [0, 0.1) is 3.57 Å². The van der Waals surface area contributed by atoms with E-state index >= 15 is 0 Å². The molecule has 0 atom stereocenters. The van der Waals surface area contributed by atoms with Gasteiger partial charge in [-0.25, -0.2) is 4.79 Å². The second kappa shape index (κ2) is 6.56. The summed E-state index contributed by atoms with van der Waals surface area (Å²) in [5.41, 5.74) is 0.525. The first-order valence-electron chi connectivity index (χ1n) is 5.89. The molecule has 98 valence electrons. The van der Waals surface area contributed by atoms with Gasteiger partial charge in [-0.1, -0.05) is 0 Å². The van der Waals surface area contributed by atoms with Gasteiger partial charge in [-0.15, -0.1) is 0 Å². The number of carbonyl (C=O) groups excluding carboxylic acids is 1. The van der Waals surface area contributed by atoms with Gasteiger partial charge in [-0.3, -0.25) is 0 Å². The Morgan fingerprint density at radius 2 is 1.53 bits per heavy atom. The Hall–Kier alpha value is -1.56. The van der Waals surface area contributed by atoms with Gasteiger partial charge in [0, 0.05) is 3.57 Å². The monoisotopic (exact) mass is 368 g/mol. The predicted octanol–water partition coefficient (Wildman–Crippen LogP) is 4.26. The van der Waals surface area contributed by atoms with Gasteiger partial charge in [0.2, 0.25) is 0 Å². The molecular formula is C15H13IO3. The van der Waals surface area contributed by atoms with Crippen molar-refractivity contribution in [3.63, 3.8) is 0 Å². The molecule has 0 heterocycles. The second-order valence-corrected chi connectivity index (χ2v) is 5.05. The molecule has 0 fully saturated rings. The minimum atomic E-state index is -0.316. The molecule has 0 saturated carbocycles. The highest BCUT2D eigenvalue weighted by atomic mass is 127. The van der Waals surface area contributed by atoms with Crippen molar-refractivity contribution in [3.05, 3.63) is 57.7 Å². The summed E-state index contributed by atoms with van der Waals surface area (Å²) in [5.74, 6) is 1.14. The molecule has 0 aliphatic heterocycles. The topological polar surface area (TPSA) is 35.5 Å². The highest BCUT2D eigenvalue weighted by molar-refractivity contribution is 14.1. The van der Waals surface area contributed by atoms with Crippen LogP contribution in [0.1, 0.15) is 17.3 Å². The third kappa shape index (κ3) is 3.96. The molecule has 19 heavy (non-hydrogen) atoms.